The lowest BCUT2D eigenvalue weighted by Crippen LogP contribution is -2.35. The van der Waals surface area contributed by atoms with Gasteiger partial charge in [-0.3, -0.25) is 4.79 Å². The normalized spacial score (nSPS) is 12.5. The smallest absolute Gasteiger partial charge is 0.230 e. The predicted molar refractivity (Wildman–Crippen MR) is 112 cm³/mol. The van der Waals surface area contributed by atoms with Crippen molar-refractivity contribution >= 4 is 28.7 Å². The van der Waals surface area contributed by atoms with E-state index >= 15 is 0 Å². The zero-order valence-electron chi connectivity index (χ0n) is 16.4. The lowest BCUT2D eigenvalue weighted by molar-refractivity contribution is -0.118. The average Bonchev–Trinajstić information content (AvgIpc) is 3.04. The summed E-state index contributed by atoms with van der Waals surface area (Å²) in [4.78, 5) is 19.0. The number of benzene rings is 2. The minimum Gasteiger partial charge on any atom is -0.353 e. The lowest BCUT2D eigenvalue weighted by atomic mass is 10.1. The Hall–Kier alpha value is -2.38. The second-order valence-electron chi connectivity index (χ2n) is 6.75. The maximum Gasteiger partial charge on any atom is 0.230 e. The van der Waals surface area contributed by atoms with E-state index in [1.54, 1.807) is 6.07 Å². The van der Waals surface area contributed by atoms with Crippen molar-refractivity contribution in [3.05, 3.63) is 59.9 Å². The summed E-state index contributed by atoms with van der Waals surface area (Å²) in [5.41, 5.74) is 2.85. The number of aromatic nitrogens is 2. The molecule has 1 aromatic heterocycles. The molecule has 5 nitrogen and oxygen atoms in total. The Morgan fingerprint density at radius 2 is 2.04 bits per heavy atom. The van der Waals surface area contributed by atoms with Gasteiger partial charge < -0.3 is 14.8 Å². The van der Waals surface area contributed by atoms with E-state index in [-0.39, 0.29) is 23.5 Å². The van der Waals surface area contributed by atoms with Crippen LogP contribution >= 0.6 is 11.8 Å². The van der Waals surface area contributed by atoms with Crippen LogP contribution in [0.5, 0.6) is 0 Å². The number of halogens is 1. The average molecular weight is 401 g/mol. The highest BCUT2D eigenvalue weighted by molar-refractivity contribution is 7.99. The predicted octanol–water partition coefficient (Wildman–Crippen LogP) is 3.71. The third-order valence-electron chi connectivity index (χ3n) is 4.62. The molecule has 0 fully saturated rings. The lowest BCUT2D eigenvalue weighted by Gasteiger charge is -2.25. The van der Waals surface area contributed by atoms with Gasteiger partial charge in [-0.25, -0.2) is 9.37 Å². The number of imidazole rings is 1. The largest absolute Gasteiger partial charge is 0.353 e. The molecule has 1 unspecified atom stereocenters. The Morgan fingerprint density at radius 1 is 1.25 bits per heavy atom. The molecule has 0 bridgehead atoms. The number of nitrogens with zero attached hydrogens (tertiary/aromatic N) is 3. The minimum absolute atomic E-state index is 0.0667. The van der Waals surface area contributed by atoms with Gasteiger partial charge in [-0.15, -0.1) is 0 Å². The van der Waals surface area contributed by atoms with Crippen LogP contribution in [0.15, 0.2) is 53.7 Å². The van der Waals surface area contributed by atoms with Gasteiger partial charge in [-0.2, -0.15) is 0 Å². The molecule has 1 atom stereocenters. The highest BCUT2D eigenvalue weighted by atomic mass is 32.2. The van der Waals surface area contributed by atoms with Gasteiger partial charge in [0, 0.05) is 13.1 Å². The van der Waals surface area contributed by atoms with Crippen LogP contribution in [0.1, 0.15) is 18.5 Å². The van der Waals surface area contributed by atoms with Gasteiger partial charge in [-0.05, 0) is 50.8 Å². The van der Waals surface area contributed by atoms with Crippen molar-refractivity contribution in [2.45, 2.75) is 24.7 Å². The molecule has 3 aromatic rings. The van der Waals surface area contributed by atoms with E-state index in [0.29, 0.717) is 6.54 Å². The van der Waals surface area contributed by atoms with E-state index in [0.717, 1.165) is 28.3 Å². The first kappa shape index (κ1) is 20.4. The number of carbonyl (C=O) groups excluding carboxylic acids is 1. The van der Waals surface area contributed by atoms with Crippen molar-refractivity contribution < 1.29 is 9.18 Å². The number of para-hydroxylation sites is 2. The van der Waals surface area contributed by atoms with E-state index in [2.05, 4.69) is 21.8 Å². The molecule has 0 aliphatic carbocycles. The van der Waals surface area contributed by atoms with Crippen LogP contribution in [-0.4, -0.2) is 46.8 Å². The summed E-state index contributed by atoms with van der Waals surface area (Å²) in [7, 11) is 3.83. The third kappa shape index (κ3) is 4.72. The summed E-state index contributed by atoms with van der Waals surface area (Å²) in [6, 6.07) is 14.4. The first-order chi connectivity index (χ1) is 13.5. The fourth-order valence-corrected chi connectivity index (χ4v) is 4.08. The Bertz CT molecular complexity index is 956. The number of rotatable bonds is 8. The van der Waals surface area contributed by atoms with E-state index < -0.39 is 0 Å². The number of carbonyl (C=O) groups is 1. The van der Waals surface area contributed by atoms with Gasteiger partial charge in [0.2, 0.25) is 5.91 Å². The van der Waals surface area contributed by atoms with Gasteiger partial charge in [0.25, 0.3) is 0 Å². The number of likely N-dealkylation sites (N-methyl/N-ethyl adjacent to an activating group) is 1. The maximum atomic E-state index is 13.5. The molecule has 1 N–H and O–H groups in total. The SMILES string of the molecule is CCn1c(SCC(=O)NCC(c2cccc(F)c2)N(C)C)nc2ccccc21. The van der Waals surface area contributed by atoms with E-state index in [1.807, 2.05) is 49.3 Å². The monoisotopic (exact) mass is 400 g/mol. The molecule has 0 spiro atoms. The number of hydrogen-bond acceptors (Lipinski definition) is 4. The zero-order valence-corrected chi connectivity index (χ0v) is 17.2. The van der Waals surface area contributed by atoms with Crippen LogP contribution in [-0.2, 0) is 11.3 Å². The number of nitrogens with one attached hydrogen (secondary N) is 1. The second-order valence-corrected chi connectivity index (χ2v) is 7.70. The van der Waals surface area contributed by atoms with Crippen LogP contribution < -0.4 is 5.32 Å². The zero-order chi connectivity index (χ0) is 20.1. The molecule has 28 heavy (non-hydrogen) atoms. The molecule has 0 saturated carbocycles. The van der Waals surface area contributed by atoms with Crippen molar-refractivity contribution in [3.63, 3.8) is 0 Å². The molecular formula is C21H25FN4OS. The molecule has 0 saturated heterocycles. The third-order valence-corrected chi connectivity index (χ3v) is 5.59. The summed E-state index contributed by atoms with van der Waals surface area (Å²) >= 11 is 1.43. The molecule has 0 radical (unpaired) electrons. The molecule has 0 aliphatic rings. The highest BCUT2D eigenvalue weighted by Crippen LogP contribution is 2.24. The summed E-state index contributed by atoms with van der Waals surface area (Å²) in [5, 5.41) is 3.80. The molecule has 148 valence electrons. The molecule has 3 rings (SSSR count). The number of aryl methyl sites for hydroxylation is 1. The first-order valence-electron chi connectivity index (χ1n) is 9.26. The maximum absolute atomic E-state index is 13.5. The first-order valence-corrected chi connectivity index (χ1v) is 10.2. The highest BCUT2D eigenvalue weighted by Gasteiger charge is 2.17. The van der Waals surface area contributed by atoms with Crippen LogP contribution in [0.25, 0.3) is 11.0 Å². The number of fused-ring (bicyclic) bond motifs is 1. The minimum atomic E-state index is -0.273. The summed E-state index contributed by atoms with van der Waals surface area (Å²) in [6.07, 6.45) is 0. The standard InChI is InChI=1S/C21H25FN4OS/c1-4-26-18-11-6-5-10-17(18)24-21(26)28-14-20(27)23-13-19(25(2)3)15-8-7-9-16(22)12-15/h5-12,19H,4,13-14H2,1-3H3,(H,23,27). The quantitative estimate of drug-likeness (QED) is 0.586. The van der Waals surface area contributed by atoms with E-state index in [1.165, 1.54) is 23.9 Å². The van der Waals surface area contributed by atoms with Crippen molar-refractivity contribution in [1.82, 2.24) is 19.8 Å². The van der Waals surface area contributed by atoms with Gasteiger partial charge in [0.05, 0.1) is 22.8 Å². The summed E-state index contributed by atoms with van der Waals surface area (Å²) in [6.45, 7) is 3.28. The van der Waals surface area contributed by atoms with Crippen LogP contribution in [0.3, 0.4) is 0 Å². The number of hydrogen-bond donors (Lipinski definition) is 1. The van der Waals surface area contributed by atoms with Crippen molar-refractivity contribution in [1.29, 1.82) is 0 Å². The van der Waals surface area contributed by atoms with E-state index in [4.69, 9.17) is 0 Å². The molecular weight excluding hydrogens is 375 g/mol. The van der Waals surface area contributed by atoms with Gasteiger partial charge in [0.15, 0.2) is 5.16 Å². The van der Waals surface area contributed by atoms with Crippen LogP contribution in [0.2, 0.25) is 0 Å². The Balaban J connectivity index is 1.61. The van der Waals surface area contributed by atoms with E-state index in [9.17, 15) is 9.18 Å². The Morgan fingerprint density at radius 3 is 2.75 bits per heavy atom. The van der Waals surface area contributed by atoms with Gasteiger partial charge >= 0.3 is 0 Å². The van der Waals surface area contributed by atoms with Crippen LogP contribution in [0, 0.1) is 5.82 Å². The van der Waals surface area contributed by atoms with Gasteiger partial charge in [0.1, 0.15) is 5.82 Å². The van der Waals surface area contributed by atoms with Crippen molar-refractivity contribution in [2.75, 3.05) is 26.4 Å². The Kier molecular flexibility index (Phi) is 6.70. The molecule has 7 heteroatoms. The number of amides is 1. The summed E-state index contributed by atoms with van der Waals surface area (Å²) < 4.78 is 15.7. The fourth-order valence-electron chi connectivity index (χ4n) is 3.17. The Labute approximate surface area is 168 Å². The topological polar surface area (TPSA) is 50.2 Å². The second kappa shape index (κ2) is 9.21. The van der Waals surface area contributed by atoms with Gasteiger partial charge in [-0.1, -0.05) is 36.0 Å². The molecule has 0 aliphatic heterocycles. The molecule has 1 amide bonds. The van der Waals surface area contributed by atoms with Crippen molar-refractivity contribution in [2.24, 2.45) is 0 Å². The molecule has 2 aromatic carbocycles. The number of thioether (sulfide) groups is 1. The molecule has 1 heterocycles. The van der Waals surface area contributed by atoms with Crippen molar-refractivity contribution in [3.8, 4) is 0 Å². The summed E-state index contributed by atoms with van der Waals surface area (Å²) in [5.74, 6) is -0.0558. The van der Waals surface area contributed by atoms with Crippen LogP contribution in [0.4, 0.5) is 4.39 Å². The fraction of sp³-hybridized carbons (Fsp3) is 0.333.